The molecule has 0 aliphatic carbocycles. The van der Waals surface area contributed by atoms with Gasteiger partial charge in [0.05, 0.1) is 5.69 Å². The number of nitrogens with zero attached hydrogens (tertiary/aromatic N) is 2. The molecule has 3 heteroatoms. The molecular weight excluding hydrogens is 300 g/mol. The lowest BCUT2D eigenvalue weighted by Gasteiger charge is -2.00. The minimum atomic E-state index is 0.775. The first kappa shape index (κ1) is 13.9. The quantitative estimate of drug-likeness (QED) is 0.444. The number of fused-ring (bicyclic) bond motifs is 1. The predicted octanol–water partition coefficient (Wildman–Crippen LogP) is 5.71. The summed E-state index contributed by atoms with van der Waals surface area (Å²) < 4.78 is 0. The number of hydrogen-bond acceptors (Lipinski definition) is 3. The van der Waals surface area contributed by atoms with Crippen molar-refractivity contribution >= 4 is 33.5 Å². The number of aliphatic imine (C=N–C) groups is 1. The number of hydrogen-bond donors (Lipinski definition) is 0. The van der Waals surface area contributed by atoms with Crippen molar-refractivity contribution < 1.29 is 0 Å². The lowest BCUT2D eigenvalue weighted by molar-refractivity contribution is 1.36. The minimum Gasteiger partial charge on any atom is -0.227 e. The van der Waals surface area contributed by atoms with Gasteiger partial charge in [0.25, 0.3) is 0 Å². The van der Waals surface area contributed by atoms with E-state index >= 15 is 0 Å². The van der Waals surface area contributed by atoms with E-state index in [0.717, 1.165) is 22.0 Å². The molecule has 23 heavy (non-hydrogen) atoms. The molecule has 4 rings (SSSR count). The Balaban J connectivity index is 1.65. The summed E-state index contributed by atoms with van der Waals surface area (Å²) in [5.41, 5.74) is 3.20. The highest BCUT2D eigenvalue weighted by molar-refractivity contribution is 7.13. The van der Waals surface area contributed by atoms with E-state index in [2.05, 4.69) is 64.6 Å². The molecule has 110 valence electrons. The average molecular weight is 314 g/mol. The molecule has 1 aromatic heterocycles. The van der Waals surface area contributed by atoms with Crippen molar-refractivity contribution in [2.75, 3.05) is 0 Å². The second-order valence-electron chi connectivity index (χ2n) is 5.21. The van der Waals surface area contributed by atoms with Gasteiger partial charge in [0.2, 0.25) is 5.13 Å². The normalized spacial score (nSPS) is 11.3. The molecule has 0 amide bonds. The van der Waals surface area contributed by atoms with Crippen molar-refractivity contribution in [3.63, 3.8) is 0 Å². The van der Waals surface area contributed by atoms with E-state index in [0.29, 0.717) is 0 Å². The third-order valence-corrected chi connectivity index (χ3v) is 4.45. The third kappa shape index (κ3) is 2.91. The van der Waals surface area contributed by atoms with Crippen molar-refractivity contribution in [1.82, 2.24) is 4.98 Å². The highest BCUT2D eigenvalue weighted by atomic mass is 32.1. The summed E-state index contributed by atoms with van der Waals surface area (Å²) in [6, 6.07) is 24.8. The fourth-order valence-corrected chi connectivity index (χ4v) is 3.22. The van der Waals surface area contributed by atoms with Crippen LogP contribution in [0.3, 0.4) is 0 Å². The Bertz CT molecular complexity index is 966. The fraction of sp³-hybridized carbons (Fsp3) is 0. The highest BCUT2D eigenvalue weighted by Gasteiger charge is 2.03. The maximum atomic E-state index is 4.60. The first-order valence-electron chi connectivity index (χ1n) is 7.43. The largest absolute Gasteiger partial charge is 0.227 e. The van der Waals surface area contributed by atoms with Gasteiger partial charge in [0.15, 0.2) is 0 Å². The van der Waals surface area contributed by atoms with Crippen molar-refractivity contribution in [3.05, 3.63) is 83.7 Å². The number of benzene rings is 3. The molecule has 0 atom stereocenters. The van der Waals surface area contributed by atoms with Gasteiger partial charge in [-0.15, -0.1) is 11.3 Å². The van der Waals surface area contributed by atoms with Crippen molar-refractivity contribution in [3.8, 4) is 11.3 Å². The Kier molecular flexibility index (Phi) is 3.70. The summed E-state index contributed by atoms with van der Waals surface area (Å²) in [4.78, 5) is 9.15. The first-order valence-corrected chi connectivity index (χ1v) is 8.31. The maximum Gasteiger partial charge on any atom is 0.209 e. The van der Waals surface area contributed by atoms with Crippen LogP contribution in [0.25, 0.3) is 22.0 Å². The van der Waals surface area contributed by atoms with Crippen LogP contribution in [-0.4, -0.2) is 11.2 Å². The van der Waals surface area contributed by atoms with E-state index in [1.807, 2.05) is 29.8 Å². The Morgan fingerprint density at radius 1 is 0.826 bits per heavy atom. The molecule has 0 saturated carbocycles. The molecule has 0 fully saturated rings. The number of thiazole rings is 1. The van der Waals surface area contributed by atoms with Crippen LogP contribution >= 0.6 is 11.3 Å². The van der Waals surface area contributed by atoms with Crippen LogP contribution in [0.2, 0.25) is 0 Å². The zero-order valence-corrected chi connectivity index (χ0v) is 13.2. The SMILES string of the molecule is C(=N\c1nc(-c2ccccc2)cs1)/c1cccc2ccccc12. The summed E-state index contributed by atoms with van der Waals surface area (Å²) >= 11 is 1.56. The van der Waals surface area contributed by atoms with Gasteiger partial charge in [-0.05, 0) is 10.8 Å². The fourth-order valence-electron chi connectivity index (χ4n) is 2.55. The molecule has 0 aliphatic rings. The predicted molar refractivity (Wildman–Crippen MR) is 98.8 cm³/mol. The second-order valence-corrected chi connectivity index (χ2v) is 6.04. The smallest absolute Gasteiger partial charge is 0.209 e. The third-order valence-electron chi connectivity index (χ3n) is 3.70. The Labute approximate surface area is 138 Å². The number of aromatic nitrogens is 1. The molecular formula is C20H14N2S. The summed E-state index contributed by atoms with van der Waals surface area (Å²) in [6.45, 7) is 0. The van der Waals surface area contributed by atoms with Gasteiger partial charge in [-0.2, -0.15) is 0 Å². The van der Waals surface area contributed by atoms with Gasteiger partial charge in [-0.3, -0.25) is 0 Å². The van der Waals surface area contributed by atoms with Crippen LogP contribution in [0.5, 0.6) is 0 Å². The van der Waals surface area contributed by atoms with Crippen molar-refractivity contribution in [1.29, 1.82) is 0 Å². The van der Waals surface area contributed by atoms with Gasteiger partial charge < -0.3 is 0 Å². The zero-order valence-electron chi connectivity index (χ0n) is 12.4. The van der Waals surface area contributed by atoms with Crippen LogP contribution in [0, 0.1) is 0 Å². The lowest BCUT2D eigenvalue weighted by atomic mass is 10.1. The minimum absolute atomic E-state index is 0.775. The molecule has 0 radical (unpaired) electrons. The molecule has 2 nitrogen and oxygen atoms in total. The summed E-state index contributed by atoms with van der Waals surface area (Å²) in [7, 11) is 0. The van der Waals surface area contributed by atoms with Gasteiger partial charge in [-0.25, -0.2) is 9.98 Å². The Morgan fingerprint density at radius 2 is 1.61 bits per heavy atom. The zero-order chi connectivity index (χ0) is 15.5. The van der Waals surface area contributed by atoms with Crippen LogP contribution in [0.1, 0.15) is 5.56 Å². The monoisotopic (exact) mass is 314 g/mol. The molecule has 0 saturated heterocycles. The first-order chi connectivity index (χ1) is 11.4. The van der Waals surface area contributed by atoms with Crippen LogP contribution < -0.4 is 0 Å². The molecule has 0 aliphatic heterocycles. The van der Waals surface area contributed by atoms with Crippen LogP contribution in [0.15, 0.2) is 83.2 Å². The topological polar surface area (TPSA) is 25.2 Å². The summed E-state index contributed by atoms with van der Waals surface area (Å²) in [5, 5.41) is 5.25. The average Bonchev–Trinajstić information content (AvgIpc) is 3.10. The summed E-state index contributed by atoms with van der Waals surface area (Å²) in [5.74, 6) is 0. The van der Waals surface area contributed by atoms with Gasteiger partial charge in [0, 0.05) is 22.7 Å². The van der Waals surface area contributed by atoms with Gasteiger partial charge in [-0.1, -0.05) is 72.8 Å². The van der Waals surface area contributed by atoms with Crippen LogP contribution in [-0.2, 0) is 0 Å². The van der Waals surface area contributed by atoms with E-state index < -0.39 is 0 Å². The number of rotatable bonds is 3. The molecule has 0 N–H and O–H groups in total. The van der Waals surface area contributed by atoms with Crippen molar-refractivity contribution in [2.45, 2.75) is 0 Å². The van der Waals surface area contributed by atoms with Crippen molar-refractivity contribution in [2.24, 2.45) is 4.99 Å². The Hall–Kier alpha value is -2.78. The molecule has 0 spiro atoms. The lowest BCUT2D eigenvalue weighted by Crippen LogP contribution is -1.83. The molecule has 0 unspecified atom stereocenters. The summed E-state index contributed by atoms with van der Waals surface area (Å²) in [6.07, 6.45) is 1.90. The standard InChI is InChI=1S/C20H14N2S/c1-2-8-16(9-3-1)19-14-23-20(22-19)21-13-17-11-6-10-15-7-4-5-12-18(15)17/h1-14H/b21-13+. The maximum absolute atomic E-state index is 4.60. The second kappa shape index (κ2) is 6.15. The molecule has 1 heterocycles. The molecule has 3 aromatic carbocycles. The Morgan fingerprint density at radius 3 is 2.52 bits per heavy atom. The van der Waals surface area contributed by atoms with E-state index in [-0.39, 0.29) is 0 Å². The molecule has 0 bridgehead atoms. The van der Waals surface area contributed by atoms with Gasteiger partial charge in [0.1, 0.15) is 0 Å². The van der Waals surface area contributed by atoms with E-state index in [1.54, 1.807) is 11.3 Å². The molecule has 4 aromatic rings. The van der Waals surface area contributed by atoms with E-state index in [4.69, 9.17) is 0 Å². The van der Waals surface area contributed by atoms with E-state index in [9.17, 15) is 0 Å². The highest BCUT2D eigenvalue weighted by Crippen LogP contribution is 2.26. The van der Waals surface area contributed by atoms with E-state index in [1.165, 1.54) is 10.8 Å². The van der Waals surface area contributed by atoms with Gasteiger partial charge >= 0.3 is 0 Å². The van der Waals surface area contributed by atoms with Crippen LogP contribution in [0.4, 0.5) is 5.13 Å².